The van der Waals surface area contributed by atoms with Crippen molar-refractivity contribution in [3.8, 4) is 5.88 Å². The molecule has 4 aliphatic carbocycles. The third kappa shape index (κ3) is 5.56. The van der Waals surface area contributed by atoms with Crippen LogP contribution >= 0.6 is 11.8 Å². The summed E-state index contributed by atoms with van der Waals surface area (Å²) in [4.78, 5) is 26.3. The average Bonchev–Trinajstić information content (AvgIpc) is 3.15. The second-order valence-corrected chi connectivity index (χ2v) is 12.9. The number of carbonyl (C=O) groups excluding carboxylic acids is 2. The second-order valence-electron chi connectivity index (χ2n) is 11.3. The Morgan fingerprint density at radius 3 is 2.41 bits per heavy atom. The first-order valence-electron chi connectivity index (χ1n) is 12.8. The predicted molar refractivity (Wildman–Crippen MR) is 132 cm³/mol. The standard InChI is InChI=1S/C25H40N4O4S/c1-14(2)34-21-20(22(30)28-19-17-10-15-9-16(12-17)13-18(19)11-15)33-29-23(21)32-8-5-25(3,4)24(31)27-7-6-26/h14-19H,5-13,26H2,1-4H3,(H,27,31)(H,28,30). The smallest absolute Gasteiger partial charge is 0.291 e. The molecule has 1 aromatic heterocycles. The summed E-state index contributed by atoms with van der Waals surface area (Å²) in [6, 6.07) is 0.236. The zero-order chi connectivity index (χ0) is 24.5. The van der Waals surface area contributed by atoms with Crippen LogP contribution in [0.3, 0.4) is 0 Å². The SMILES string of the molecule is CC(C)Sc1c(OCCC(C)(C)C(=O)NCCN)noc1C(=O)NC1C2CC3CC(C2)CC1C3. The monoisotopic (exact) mass is 492 g/mol. The van der Waals surface area contributed by atoms with Crippen LogP contribution in [0.1, 0.15) is 76.8 Å². The Morgan fingerprint density at radius 2 is 1.82 bits per heavy atom. The van der Waals surface area contributed by atoms with Crippen LogP contribution in [-0.2, 0) is 4.79 Å². The number of ether oxygens (including phenoxy) is 1. The van der Waals surface area contributed by atoms with Crippen LogP contribution in [0, 0.1) is 29.1 Å². The molecule has 9 heteroatoms. The fraction of sp³-hybridized carbons (Fsp3) is 0.800. The molecule has 0 radical (unpaired) electrons. The zero-order valence-corrected chi connectivity index (χ0v) is 21.7. The lowest BCUT2D eigenvalue weighted by atomic mass is 9.54. The van der Waals surface area contributed by atoms with Crippen LogP contribution in [0.2, 0.25) is 0 Å². The van der Waals surface area contributed by atoms with E-state index in [-0.39, 0.29) is 35.5 Å². The number of nitrogens with one attached hydrogen (secondary N) is 2. The molecule has 5 rings (SSSR count). The summed E-state index contributed by atoms with van der Waals surface area (Å²) in [5.41, 5.74) is 4.87. The molecule has 4 bridgehead atoms. The molecule has 34 heavy (non-hydrogen) atoms. The lowest BCUT2D eigenvalue weighted by molar-refractivity contribution is -0.129. The van der Waals surface area contributed by atoms with Crippen LogP contribution in [0.4, 0.5) is 0 Å². The highest BCUT2D eigenvalue weighted by molar-refractivity contribution is 8.00. The Kier molecular flexibility index (Phi) is 7.82. The minimum Gasteiger partial charge on any atom is -0.475 e. The minimum absolute atomic E-state index is 0.0609. The molecular weight excluding hydrogens is 452 g/mol. The van der Waals surface area contributed by atoms with E-state index in [4.69, 9.17) is 15.0 Å². The van der Waals surface area contributed by atoms with Crippen LogP contribution in [0.15, 0.2) is 9.42 Å². The van der Waals surface area contributed by atoms with E-state index in [1.165, 1.54) is 43.9 Å². The van der Waals surface area contributed by atoms with Gasteiger partial charge in [-0.2, -0.15) is 0 Å². The normalized spacial score (nSPS) is 27.8. The van der Waals surface area contributed by atoms with Gasteiger partial charge < -0.3 is 25.6 Å². The molecule has 0 aromatic carbocycles. The van der Waals surface area contributed by atoms with Crippen molar-refractivity contribution in [2.45, 2.75) is 82.4 Å². The number of carbonyl (C=O) groups is 2. The molecule has 4 saturated carbocycles. The summed E-state index contributed by atoms with van der Waals surface area (Å²) in [5, 5.41) is 10.5. The van der Waals surface area contributed by atoms with Crippen molar-refractivity contribution in [1.82, 2.24) is 15.8 Å². The van der Waals surface area contributed by atoms with E-state index in [0.717, 1.165) is 11.8 Å². The highest BCUT2D eigenvalue weighted by Crippen LogP contribution is 2.53. The Labute approximate surface area is 206 Å². The van der Waals surface area contributed by atoms with Crippen molar-refractivity contribution < 1.29 is 18.8 Å². The van der Waals surface area contributed by atoms with Crippen LogP contribution < -0.4 is 21.1 Å². The van der Waals surface area contributed by atoms with Crippen molar-refractivity contribution >= 4 is 23.6 Å². The van der Waals surface area contributed by atoms with Gasteiger partial charge >= 0.3 is 0 Å². The first-order valence-corrected chi connectivity index (χ1v) is 13.6. The molecule has 4 fully saturated rings. The summed E-state index contributed by atoms with van der Waals surface area (Å²) < 4.78 is 11.5. The van der Waals surface area contributed by atoms with E-state index in [2.05, 4.69) is 29.6 Å². The summed E-state index contributed by atoms with van der Waals surface area (Å²) in [7, 11) is 0. The molecule has 0 aliphatic heterocycles. The second kappa shape index (κ2) is 10.5. The fourth-order valence-electron chi connectivity index (χ4n) is 6.16. The molecule has 4 aliphatic rings. The lowest BCUT2D eigenvalue weighted by Crippen LogP contribution is -2.55. The highest BCUT2D eigenvalue weighted by atomic mass is 32.2. The molecule has 190 valence electrons. The van der Waals surface area contributed by atoms with Crippen molar-refractivity contribution in [2.75, 3.05) is 19.7 Å². The van der Waals surface area contributed by atoms with Gasteiger partial charge in [0.25, 0.3) is 11.8 Å². The molecule has 1 aromatic rings. The summed E-state index contributed by atoms with van der Waals surface area (Å²) in [6.45, 7) is 9.01. The van der Waals surface area contributed by atoms with Crippen molar-refractivity contribution in [3.05, 3.63) is 5.76 Å². The van der Waals surface area contributed by atoms with E-state index in [1.807, 2.05) is 13.8 Å². The van der Waals surface area contributed by atoms with Gasteiger partial charge in [-0.1, -0.05) is 27.7 Å². The molecule has 0 spiro atoms. The van der Waals surface area contributed by atoms with E-state index >= 15 is 0 Å². The van der Waals surface area contributed by atoms with Gasteiger partial charge in [-0.3, -0.25) is 9.59 Å². The Bertz CT molecular complexity index is 856. The number of hydrogen-bond acceptors (Lipinski definition) is 7. The number of aromatic nitrogens is 1. The number of nitrogens with two attached hydrogens (primary N) is 1. The number of rotatable bonds is 11. The number of amides is 2. The van der Waals surface area contributed by atoms with Gasteiger partial charge in [0.1, 0.15) is 4.90 Å². The summed E-state index contributed by atoms with van der Waals surface area (Å²) in [6.07, 6.45) is 6.85. The van der Waals surface area contributed by atoms with Crippen molar-refractivity contribution in [1.29, 1.82) is 0 Å². The maximum Gasteiger partial charge on any atom is 0.291 e. The molecule has 0 saturated heterocycles. The average molecular weight is 493 g/mol. The lowest BCUT2D eigenvalue weighted by Gasteiger charge is -2.54. The molecule has 0 unspecified atom stereocenters. The Morgan fingerprint density at radius 1 is 1.18 bits per heavy atom. The maximum absolute atomic E-state index is 13.3. The van der Waals surface area contributed by atoms with Gasteiger partial charge in [-0.25, -0.2) is 0 Å². The van der Waals surface area contributed by atoms with Gasteiger partial charge in [0.2, 0.25) is 11.7 Å². The van der Waals surface area contributed by atoms with Crippen molar-refractivity contribution in [3.63, 3.8) is 0 Å². The topological polar surface area (TPSA) is 119 Å². The zero-order valence-electron chi connectivity index (χ0n) is 20.9. The molecular formula is C25H40N4O4S. The van der Waals surface area contributed by atoms with E-state index < -0.39 is 5.41 Å². The first-order chi connectivity index (χ1) is 16.2. The Balaban J connectivity index is 1.40. The van der Waals surface area contributed by atoms with Gasteiger partial charge in [0.05, 0.1) is 6.61 Å². The largest absolute Gasteiger partial charge is 0.475 e. The fourth-order valence-corrected chi connectivity index (χ4v) is 7.07. The number of hydrogen-bond donors (Lipinski definition) is 3. The third-order valence-electron chi connectivity index (χ3n) is 7.72. The van der Waals surface area contributed by atoms with Gasteiger partial charge in [-0.05, 0) is 67.4 Å². The van der Waals surface area contributed by atoms with E-state index in [9.17, 15) is 9.59 Å². The van der Waals surface area contributed by atoms with Gasteiger partial charge in [-0.15, -0.1) is 11.8 Å². The number of nitrogens with zero attached hydrogens (tertiary/aromatic N) is 1. The number of thioether (sulfide) groups is 1. The van der Waals surface area contributed by atoms with Crippen LogP contribution in [-0.4, -0.2) is 48.0 Å². The highest BCUT2D eigenvalue weighted by Gasteiger charge is 2.49. The van der Waals surface area contributed by atoms with E-state index in [1.54, 1.807) is 0 Å². The molecule has 4 N–H and O–H groups in total. The molecule has 8 nitrogen and oxygen atoms in total. The molecule has 0 atom stereocenters. The van der Waals surface area contributed by atoms with Gasteiger partial charge in [0.15, 0.2) is 0 Å². The minimum atomic E-state index is -0.607. The van der Waals surface area contributed by atoms with E-state index in [0.29, 0.717) is 42.1 Å². The van der Waals surface area contributed by atoms with Crippen LogP contribution in [0.5, 0.6) is 5.88 Å². The summed E-state index contributed by atoms with van der Waals surface area (Å²) >= 11 is 1.52. The molecule has 2 amide bonds. The quantitative estimate of drug-likeness (QED) is 0.404. The molecule has 1 heterocycles. The first kappa shape index (κ1) is 25.4. The predicted octanol–water partition coefficient (Wildman–Crippen LogP) is 3.60. The summed E-state index contributed by atoms with van der Waals surface area (Å²) in [5.74, 6) is 3.21. The van der Waals surface area contributed by atoms with Crippen molar-refractivity contribution in [2.24, 2.45) is 34.8 Å². The third-order valence-corrected chi connectivity index (χ3v) is 8.78. The maximum atomic E-state index is 13.3. The van der Waals surface area contributed by atoms with Crippen LogP contribution in [0.25, 0.3) is 0 Å². The van der Waals surface area contributed by atoms with Gasteiger partial charge in [0, 0.05) is 29.8 Å². The Hall–Kier alpha value is -1.74.